The molecule has 5 nitrogen and oxygen atoms in total. The van der Waals surface area contributed by atoms with Crippen molar-refractivity contribution in [2.24, 2.45) is 4.99 Å². The fourth-order valence-corrected chi connectivity index (χ4v) is 1.74. The van der Waals surface area contributed by atoms with Gasteiger partial charge in [-0.2, -0.15) is 0 Å². The summed E-state index contributed by atoms with van der Waals surface area (Å²) in [6, 6.07) is 3.43. The van der Waals surface area contributed by atoms with Crippen LogP contribution in [0.3, 0.4) is 0 Å². The molecule has 2 rings (SSSR count). The number of nitrogens with zero attached hydrogens (tertiary/aromatic N) is 2. The number of ether oxygens (including phenoxy) is 1. The Morgan fingerprint density at radius 3 is 3.00 bits per heavy atom. The summed E-state index contributed by atoms with van der Waals surface area (Å²) in [5.74, 6) is -0.903. The van der Waals surface area contributed by atoms with E-state index in [1.165, 1.54) is 12.4 Å². The molecular weight excluding hydrogens is 280 g/mol. The van der Waals surface area contributed by atoms with Crippen molar-refractivity contribution in [1.29, 1.82) is 0 Å². The molecule has 0 spiro atoms. The van der Waals surface area contributed by atoms with Gasteiger partial charge in [0.1, 0.15) is 16.5 Å². The molecule has 0 saturated heterocycles. The van der Waals surface area contributed by atoms with E-state index in [1.54, 1.807) is 19.1 Å². The third-order valence-corrected chi connectivity index (χ3v) is 3.03. The minimum absolute atomic E-state index is 0.00588. The Kier molecular flexibility index (Phi) is 4.74. The molecule has 0 unspecified atom stereocenters. The van der Waals surface area contributed by atoms with Crippen LogP contribution in [-0.2, 0) is 9.53 Å². The summed E-state index contributed by atoms with van der Waals surface area (Å²) in [6.45, 7) is 1.91. The average molecular weight is 295 g/mol. The molecule has 6 heteroatoms. The van der Waals surface area contributed by atoms with Crippen LogP contribution in [0.1, 0.15) is 25.3 Å². The maximum Gasteiger partial charge on any atom is 0.343 e. The van der Waals surface area contributed by atoms with Crippen LogP contribution < -0.4 is 0 Å². The van der Waals surface area contributed by atoms with Crippen LogP contribution in [0.25, 0.3) is 5.76 Å². The van der Waals surface area contributed by atoms with E-state index in [4.69, 9.17) is 16.3 Å². The van der Waals surface area contributed by atoms with Gasteiger partial charge in [0.05, 0.1) is 18.2 Å². The predicted molar refractivity (Wildman–Crippen MR) is 76.9 cm³/mol. The number of hydrogen-bond acceptors (Lipinski definition) is 5. The Morgan fingerprint density at radius 1 is 1.65 bits per heavy atom. The van der Waals surface area contributed by atoms with E-state index in [9.17, 15) is 9.90 Å². The second-order valence-electron chi connectivity index (χ2n) is 4.33. The van der Waals surface area contributed by atoms with E-state index in [1.807, 2.05) is 0 Å². The molecule has 1 aliphatic rings. The number of aliphatic hydroxyl groups excluding tert-OH is 1. The molecule has 0 atom stereocenters. The van der Waals surface area contributed by atoms with Gasteiger partial charge in [-0.1, -0.05) is 11.6 Å². The number of pyridine rings is 1. The molecule has 1 aliphatic carbocycles. The summed E-state index contributed by atoms with van der Waals surface area (Å²) in [7, 11) is 0. The maximum absolute atomic E-state index is 11.9. The quantitative estimate of drug-likeness (QED) is 0.298. The molecule has 1 aromatic rings. The first kappa shape index (κ1) is 14.5. The van der Waals surface area contributed by atoms with Gasteiger partial charge < -0.3 is 9.84 Å². The van der Waals surface area contributed by atoms with Crippen molar-refractivity contribution in [3.05, 3.63) is 34.6 Å². The SMILES string of the molecule is CCOC(=O)C(C=NC1CC1)=C(O)c1cccnc1Cl. The molecule has 1 aromatic heterocycles. The zero-order chi connectivity index (χ0) is 14.5. The lowest BCUT2D eigenvalue weighted by molar-refractivity contribution is -0.137. The van der Waals surface area contributed by atoms with Gasteiger partial charge in [-0.25, -0.2) is 9.78 Å². The highest BCUT2D eigenvalue weighted by molar-refractivity contribution is 6.31. The lowest BCUT2D eigenvalue weighted by Crippen LogP contribution is -2.12. The molecule has 0 bridgehead atoms. The number of hydrogen-bond donors (Lipinski definition) is 1. The van der Waals surface area contributed by atoms with Crippen molar-refractivity contribution in [3.63, 3.8) is 0 Å². The van der Waals surface area contributed by atoms with Crippen LogP contribution in [-0.4, -0.2) is 34.9 Å². The summed E-state index contributed by atoms with van der Waals surface area (Å²) in [5.41, 5.74) is 0.271. The number of carbonyl (C=O) groups is 1. The highest BCUT2D eigenvalue weighted by atomic mass is 35.5. The zero-order valence-electron chi connectivity index (χ0n) is 11.0. The number of halogens is 1. The van der Waals surface area contributed by atoms with E-state index in [-0.39, 0.29) is 34.7 Å². The third-order valence-electron chi connectivity index (χ3n) is 2.73. The van der Waals surface area contributed by atoms with Crippen molar-refractivity contribution >= 4 is 29.5 Å². The van der Waals surface area contributed by atoms with Gasteiger partial charge in [-0.15, -0.1) is 0 Å². The Balaban J connectivity index is 2.38. The molecule has 1 saturated carbocycles. The smallest absolute Gasteiger partial charge is 0.343 e. The van der Waals surface area contributed by atoms with E-state index in [0.29, 0.717) is 0 Å². The van der Waals surface area contributed by atoms with Crippen LogP contribution in [0.4, 0.5) is 0 Å². The Labute approximate surface area is 122 Å². The largest absolute Gasteiger partial charge is 0.506 e. The Bertz CT molecular complexity index is 565. The average Bonchev–Trinajstić information content (AvgIpc) is 3.23. The monoisotopic (exact) mass is 294 g/mol. The maximum atomic E-state index is 11.9. The molecule has 0 amide bonds. The number of esters is 1. The van der Waals surface area contributed by atoms with E-state index >= 15 is 0 Å². The molecule has 106 valence electrons. The van der Waals surface area contributed by atoms with Crippen molar-refractivity contribution in [2.45, 2.75) is 25.8 Å². The number of aliphatic hydroxyl groups is 1. The number of aromatic nitrogens is 1. The summed E-state index contributed by atoms with van der Waals surface area (Å²) in [4.78, 5) is 20.0. The zero-order valence-corrected chi connectivity index (χ0v) is 11.8. The molecular formula is C14H15ClN2O3. The van der Waals surface area contributed by atoms with Gasteiger partial charge in [0.2, 0.25) is 0 Å². The topological polar surface area (TPSA) is 71.8 Å². The lowest BCUT2D eigenvalue weighted by atomic mass is 10.1. The van der Waals surface area contributed by atoms with Gasteiger partial charge in [0.25, 0.3) is 0 Å². The second kappa shape index (κ2) is 6.52. The third kappa shape index (κ3) is 3.57. The standard InChI is InChI=1S/C14H15ClN2O3/c1-2-20-14(19)11(8-17-9-5-6-9)12(18)10-4-3-7-16-13(10)15/h3-4,7-9,18H,2,5-6H2,1H3. The van der Waals surface area contributed by atoms with Crippen LogP contribution >= 0.6 is 11.6 Å². The normalized spacial score (nSPS) is 16.1. The van der Waals surface area contributed by atoms with Crippen molar-refractivity contribution < 1.29 is 14.6 Å². The molecule has 1 fully saturated rings. The summed E-state index contributed by atoms with van der Waals surface area (Å²) in [5, 5.41) is 10.4. The lowest BCUT2D eigenvalue weighted by Gasteiger charge is -2.07. The van der Waals surface area contributed by atoms with Crippen LogP contribution in [0.15, 0.2) is 28.9 Å². The van der Waals surface area contributed by atoms with Gasteiger partial charge in [-0.3, -0.25) is 4.99 Å². The van der Waals surface area contributed by atoms with Crippen LogP contribution in [0, 0.1) is 0 Å². The molecule has 0 aromatic carbocycles. The number of rotatable bonds is 5. The van der Waals surface area contributed by atoms with E-state index < -0.39 is 5.97 Å². The van der Waals surface area contributed by atoms with E-state index in [0.717, 1.165) is 12.8 Å². The fraction of sp³-hybridized carbons (Fsp3) is 0.357. The summed E-state index contributed by atoms with van der Waals surface area (Å²) >= 11 is 5.92. The highest BCUT2D eigenvalue weighted by Crippen LogP contribution is 2.25. The first-order valence-electron chi connectivity index (χ1n) is 6.38. The minimum atomic E-state index is -0.630. The van der Waals surface area contributed by atoms with E-state index in [2.05, 4.69) is 9.98 Å². The molecule has 0 aliphatic heterocycles. The van der Waals surface area contributed by atoms with Crippen LogP contribution in [0.2, 0.25) is 5.15 Å². The van der Waals surface area contributed by atoms with Gasteiger partial charge >= 0.3 is 5.97 Å². The molecule has 1 heterocycles. The van der Waals surface area contributed by atoms with Crippen molar-refractivity contribution in [3.8, 4) is 0 Å². The minimum Gasteiger partial charge on any atom is -0.506 e. The van der Waals surface area contributed by atoms with Gasteiger partial charge in [0, 0.05) is 12.4 Å². The fourth-order valence-electron chi connectivity index (χ4n) is 1.53. The van der Waals surface area contributed by atoms with Gasteiger partial charge in [-0.05, 0) is 31.9 Å². The Morgan fingerprint density at radius 2 is 2.40 bits per heavy atom. The molecule has 1 N–H and O–H groups in total. The number of carbonyl (C=O) groups excluding carboxylic acids is 1. The first-order chi connectivity index (χ1) is 9.63. The first-order valence-corrected chi connectivity index (χ1v) is 6.75. The second-order valence-corrected chi connectivity index (χ2v) is 4.69. The van der Waals surface area contributed by atoms with Gasteiger partial charge in [0.15, 0.2) is 0 Å². The van der Waals surface area contributed by atoms with Crippen molar-refractivity contribution in [1.82, 2.24) is 4.98 Å². The molecule has 0 radical (unpaired) electrons. The number of aliphatic imine (C=N–C) groups is 1. The van der Waals surface area contributed by atoms with Crippen molar-refractivity contribution in [2.75, 3.05) is 6.61 Å². The predicted octanol–water partition coefficient (Wildman–Crippen LogP) is 2.80. The summed E-state index contributed by atoms with van der Waals surface area (Å²) in [6.07, 6.45) is 4.86. The Hall–Kier alpha value is -1.88. The molecule has 20 heavy (non-hydrogen) atoms. The van der Waals surface area contributed by atoms with Crippen LogP contribution in [0.5, 0.6) is 0 Å². The highest BCUT2D eigenvalue weighted by Gasteiger charge is 2.22. The summed E-state index contributed by atoms with van der Waals surface area (Å²) < 4.78 is 4.93.